The van der Waals surface area contributed by atoms with E-state index in [1.807, 2.05) is 13.0 Å². The first kappa shape index (κ1) is 24.4. The summed E-state index contributed by atoms with van der Waals surface area (Å²) in [5, 5.41) is 8.36. The predicted octanol–water partition coefficient (Wildman–Crippen LogP) is 5.42. The second-order valence-electron chi connectivity index (χ2n) is 6.99. The lowest BCUT2D eigenvalue weighted by Gasteiger charge is -2.28. The topological polar surface area (TPSA) is 89.5 Å². The van der Waals surface area contributed by atoms with E-state index in [1.165, 1.54) is 23.9 Å². The van der Waals surface area contributed by atoms with Crippen LogP contribution >= 0.6 is 11.8 Å². The van der Waals surface area contributed by atoms with Crippen LogP contribution in [-0.2, 0) is 11.3 Å². The van der Waals surface area contributed by atoms with Gasteiger partial charge in [0.1, 0.15) is 0 Å². The summed E-state index contributed by atoms with van der Waals surface area (Å²) in [4.78, 5) is 24.3. The molecule has 0 saturated heterocycles. The van der Waals surface area contributed by atoms with Crippen LogP contribution in [0.5, 0.6) is 11.5 Å². The van der Waals surface area contributed by atoms with Gasteiger partial charge in [-0.15, -0.1) is 0 Å². The first-order valence-corrected chi connectivity index (χ1v) is 11.3. The average molecular weight is 476 g/mol. The van der Waals surface area contributed by atoms with Crippen LogP contribution in [0.15, 0.2) is 47.6 Å². The van der Waals surface area contributed by atoms with Crippen molar-refractivity contribution in [3.05, 3.63) is 53.6 Å². The maximum Gasteiger partial charge on any atom is 0.411 e. The molecule has 1 aliphatic rings. The predicted molar refractivity (Wildman–Crippen MR) is 126 cm³/mol. The minimum atomic E-state index is -0.982. The maximum absolute atomic E-state index is 12.8. The second kappa shape index (κ2) is 11.6. The number of halogens is 1. The van der Waals surface area contributed by atoms with Gasteiger partial charge in [0.05, 0.1) is 31.2 Å². The van der Waals surface area contributed by atoms with Crippen LogP contribution in [0.4, 0.5) is 19.7 Å². The summed E-state index contributed by atoms with van der Waals surface area (Å²) in [6.07, 6.45) is 0.172. The molecule has 0 radical (unpaired) electrons. The van der Waals surface area contributed by atoms with Crippen LogP contribution in [0.3, 0.4) is 0 Å². The third-order valence-corrected chi connectivity index (χ3v) is 6.09. The first-order valence-electron chi connectivity index (χ1n) is 10.5. The zero-order valence-corrected chi connectivity index (χ0v) is 19.5. The van der Waals surface area contributed by atoms with Gasteiger partial charge in [0, 0.05) is 11.3 Å². The molecule has 1 heterocycles. The molecule has 0 fully saturated rings. The highest BCUT2D eigenvalue weighted by molar-refractivity contribution is 8.14. The molecule has 0 spiro atoms. The van der Waals surface area contributed by atoms with Crippen molar-refractivity contribution in [3.8, 4) is 11.5 Å². The molecule has 2 aromatic rings. The number of alkyl halides is 1. The Morgan fingerprint density at radius 1 is 1.18 bits per heavy atom. The van der Waals surface area contributed by atoms with Crippen molar-refractivity contribution in [1.82, 2.24) is 5.01 Å². The molecule has 1 N–H and O–H groups in total. The number of amides is 2. The monoisotopic (exact) mass is 475 g/mol. The van der Waals surface area contributed by atoms with E-state index in [0.29, 0.717) is 23.6 Å². The molecular formula is C23H26FN3O5S. The summed E-state index contributed by atoms with van der Waals surface area (Å²) in [7, 11) is 1.48. The Balaban J connectivity index is 1.83. The standard InChI is InChI=1S/C23H26FN3O5S/c1-4-20-21(16-8-11-18(30-3)19(12-16)32-14-24)26-27(23(29)33-20)13-15-6-9-17(10-7-15)25-22(28)31-5-2/h6-12,20H,4-5,13-14H2,1-3H3,(H,25,28). The fourth-order valence-electron chi connectivity index (χ4n) is 3.25. The number of hydrazone groups is 1. The van der Waals surface area contributed by atoms with Gasteiger partial charge >= 0.3 is 11.3 Å². The number of nitrogens with zero attached hydrogens (tertiary/aromatic N) is 2. The third kappa shape index (κ3) is 6.16. The third-order valence-electron chi connectivity index (χ3n) is 4.84. The minimum Gasteiger partial charge on any atom is -0.493 e. The Bertz CT molecular complexity index is 1020. The summed E-state index contributed by atoms with van der Waals surface area (Å²) in [5.41, 5.74) is 2.86. The van der Waals surface area contributed by atoms with Gasteiger partial charge in [-0.1, -0.05) is 30.8 Å². The zero-order valence-electron chi connectivity index (χ0n) is 18.7. The van der Waals surface area contributed by atoms with E-state index in [4.69, 9.17) is 14.2 Å². The van der Waals surface area contributed by atoms with Crippen molar-refractivity contribution in [3.63, 3.8) is 0 Å². The molecule has 0 bridgehead atoms. The van der Waals surface area contributed by atoms with Gasteiger partial charge in [-0.3, -0.25) is 10.1 Å². The molecule has 2 aromatic carbocycles. The highest BCUT2D eigenvalue weighted by Crippen LogP contribution is 2.34. The van der Waals surface area contributed by atoms with Crippen molar-refractivity contribution in [2.45, 2.75) is 32.1 Å². The molecule has 2 amide bonds. The number of benzene rings is 2. The van der Waals surface area contributed by atoms with Gasteiger partial charge in [-0.25, -0.2) is 14.2 Å². The fraction of sp³-hybridized carbons (Fsp3) is 0.348. The molecule has 176 valence electrons. The van der Waals surface area contributed by atoms with Crippen molar-refractivity contribution >= 4 is 34.5 Å². The zero-order chi connectivity index (χ0) is 23.8. The molecule has 1 atom stereocenters. The van der Waals surface area contributed by atoms with Crippen LogP contribution in [0.2, 0.25) is 0 Å². The van der Waals surface area contributed by atoms with Crippen LogP contribution in [0, 0.1) is 0 Å². The molecule has 8 nitrogen and oxygen atoms in total. The lowest BCUT2D eigenvalue weighted by atomic mass is 10.0. The van der Waals surface area contributed by atoms with E-state index in [2.05, 4.69) is 10.4 Å². The summed E-state index contributed by atoms with van der Waals surface area (Å²) >= 11 is 1.20. The first-order chi connectivity index (χ1) is 16.0. The number of rotatable bonds is 9. The Hall–Kier alpha value is -3.27. The normalized spacial score (nSPS) is 15.6. The highest BCUT2D eigenvalue weighted by Gasteiger charge is 2.30. The number of thioether (sulfide) groups is 1. The SMILES string of the molecule is CCOC(=O)Nc1ccc(CN2N=C(c3ccc(OC)c(OCF)c3)C(CC)SC2=O)cc1. The molecule has 33 heavy (non-hydrogen) atoms. The van der Waals surface area contributed by atoms with Crippen molar-refractivity contribution in [2.24, 2.45) is 5.10 Å². The lowest BCUT2D eigenvalue weighted by Crippen LogP contribution is -2.34. The Labute approximate surface area is 196 Å². The Morgan fingerprint density at radius 3 is 2.58 bits per heavy atom. The highest BCUT2D eigenvalue weighted by atomic mass is 32.2. The molecule has 10 heteroatoms. The van der Waals surface area contributed by atoms with E-state index in [-0.39, 0.29) is 29.4 Å². The molecular weight excluding hydrogens is 449 g/mol. The van der Waals surface area contributed by atoms with Crippen molar-refractivity contribution < 1.29 is 28.2 Å². The molecule has 0 aromatic heterocycles. The lowest BCUT2D eigenvalue weighted by molar-refractivity contribution is 0.168. The van der Waals surface area contributed by atoms with Gasteiger partial charge in [0.25, 0.3) is 0 Å². The van der Waals surface area contributed by atoms with Crippen LogP contribution in [-0.4, -0.2) is 47.9 Å². The molecule has 0 aliphatic carbocycles. The number of ether oxygens (including phenoxy) is 3. The molecule has 3 rings (SSSR count). The molecule has 1 unspecified atom stereocenters. The number of anilines is 1. The Morgan fingerprint density at radius 2 is 1.94 bits per heavy atom. The van der Waals surface area contributed by atoms with Crippen LogP contribution < -0.4 is 14.8 Å². The van der Waals surface area contributed by atoms with E-state index in [1.54, 1.807) is 43.3 Å². The van der Waals surface area contributed by atoms with Crippen LogP contribution in [0.25, 0.3) is 0 Å². The second-order valence-corrected chi connectivity index (χ2v) is 8.14. The largest absolute Gasteiger partial charge is 0.493 e. The average Bonchev–Trinajstić information content (AvgIpc) is 2.81. The number of carbonyl (C=O) groups excluding carboxylic acids is 2. The van der Waals surface area contributed by atoms with Crippen molar-refractivity contribution in [1.29, 1.82) is 0 Å². The Kier molecular flexibility index (Phi) is 8.53. The number of hydrogen-bond donors (Lipinski definition) is 1. The summed E-state index contributed by atoms with van der Waals surface area (Å²) in [6, 6.07) is 12.3. The fourth-order valence-corrected chi connectivity index (χ4v) is 4.18. The summed E-state index contributed by atoms with van der Waals surface area (Å²) in [6.45, 7) is 3.27. The van der Waals surface area contributed by atoms with E-state index < -0.39 is 13.0 Å². The minimum absolute atomic E-state index is 0.142. The van der Waals surface area contributed by atoms with E-state index in [0.717, 1.165) is 11.1 Å². The number of methoxy groups -OCH3 is 1. The van der Waals surface area contributed by atoms with Gasteiger partial charge in [0.2, 0.25) is 6.86 Å². The van der Waals surface area contributed by atoms with Crippen molar-refractivity contribution in [2.75, 3.05) is 25.9 Å². The summed E-state index contributed by atoms with van der Waals surface area (Å²) < 4.78 is 27.9. The molecule has 0 saturated carbocycles. The maximum atomic E-state index is 12.8. The quantitative estimate of drug-likeness (QED) is 0.521. The molecule has 1 aliphatic heterocycles. The van der Waals surface area contributed by atoms with Gasteiger partial charge in [0.15, 0.2) is 11.5 Å². The number of hydrogen-bond acceptors (Lipinski definition) is 7. The number of nitrogens with one attached hydrogen (secondary N) is 1. The van der Waals surface area contributed by atoms with Gasteiger partial charge in [-0.05, 0) is 49.2 Å². The van der Waals surface area contributed by atoms with Gasteiger partial charge in [-0.2, -0.15) is 5.10 Å². The van der Waals surface area contributed by atoms with E-state index >= 15 is 0 Å². The summed E-state index contributed by atoms with van der Waals surface area (Å²) in [5.74, 6) is 0.686. The van der Waals surface area contributed by atoms with Gasteiger partial charge < -0.3 is 14.2 Å². The number of carbonyl (C=O) groups is 2. The smallest absolute Gasteiger partial charge is 0.411 e. The van der Waals surface area contributed by atoms with Crippen LogP contribution in [0.1, 0.15) is 31.4 Å². The van der Waals surface area contributed by atoms with E-state index in [9.17, 15) is 14.0 Å².